The Morgan fingerprint density at radius 3 is 2.52 bits per heavy atom. The van der Waals surface area contributed by atoms with E-state index in [-0.39, 0.29) is 23.2 Å². The zero-order valence-electron chi connectivity index (χ0n) is 12.5. The zero-order valence-corrected chi connectivity index (χ0v) is 13.3. The summed E-state index contributed by atoms with van der Waals surface area (Å²) in [5.41, 5.74) is 1.06. The van der Waals surface area contributed by atoms with Crippen molar-refractivity contribution in [3.05, 3.63) is 35.6 Å². The molecule has 0 radical (unpaired) electrons. The molecule has 1 saturated carbocycles. The lowest BCUT2D eigenvalue weighted by atomic mass is 9.96. The maximum Gasteiger partial charge on any atom is 0.150 e. The van der Waals surface area contributed by atoms with Crippen LogP contribution in [0.1, 0.15) is 31.7 Å². The SMILES string of the molecule is CCS(=O)(=O)CCC(CNC1CC1)Cc1ccc(F)cc1. The maximum atomic E-state index is 12.9. The fourth-order valence-electron chi connectivity index (χ4n) is 2.34. The molecule has 3 nitrogen and oxygen atoms in total. The Morgan fingerprint density at radius 2 is 1.95 bits per heavy atom. The second-order valence-electron chi connectivity index (χ2n) is 5.90. The van der Waals surface area contributed by atoms with Gasteiger partial charge in [0.1, 0.15) is 15.7 Å². The Bertz CT molecular complexity index is 538. The fourth-order valence-corrected chi connectivity index (χ4v) is 3.32. The molecule has 1 aliphatic rings. The summed E-state index contributed by atoms with van der Waals surface area (Å²) in [6.45, 7) is 2.52. The van der Waals surface area contributed by atoms with Gasteiger partial charge in [-0.3, -0.25) is 0 Å². The summed E-state index contributed by atoms with van der Waals surface area (Å²) < 4.78 is 36.3. The molecule has 118 valence electrons. The highest BCUT2D eigenvalue weighted by atomic mass is 32.2. The molecule has 5 heteroatoms. The standard InChI is InChI=1S/C16H24FNO2S/c1-2-21(19,20)10-9-14(12-18-16-7-8-16)11-13-3-5-15(17)6-4-13/h3-6,14,16,18H,2,7-12H2,1H3. The molecule has 1 aromatic carbocycles. The van der Waals surface area contributed by atoms with Gasteiger partial charge in [0.25, 0.3) is 0 Å². The van der Waals surface area contributed by atoms with Crippen molar-refractivity contribution in [1.29, 1.82) is 0 Å². The van der Waals surface area contributed by atoms with Crippen molar-refractivity contribution in [3.63, 3.8) is 0 Å². The van der Waals surface area contributed by atoms with Gasteiger partial charge in [-0.1, -0.05) is 19.1 Å². The monoisotopic (exact) mass is 313 g/mol. The van der Waals surface area contributed by atoms with Crippen LogP contribution in [0.5, 0.6) is 0 Å². The Morgan fingerprint density at radius 1 is 1.29 bits per heavy atom. The molecule has 1 unspecified atom stereocenters. The molecule has 0 amide bonds. The van der Waals surface area contributed by atoms with E-state index in [2.05, 4.69) is 5.32 Å². The van der Waals surface area contributed by atoms with Crippen LogP contribution in [-0.4, -0.2) is 32.5 Å². The highest BCUT2D eigenvalue weighted by Gasteiger charge is 2.22. The molecular weight excluding hydrogens is 289 g/mol. The van der Waals surface area contributed by atoms with Crippen LogP contribution in [-0.2, 0) is 16.3 Å². The number of sulfone groups is 1. The van der Waals surface area contributed by atoms with Gasteiger partial charge in [-0.05, 0) is 55.8 Å². The summed E-state index contributed by atoms with van der Waals surface area (Å²) in [7, 11) is -2.92. The van der Waals surface area contributed by atoms with Gasteiger partial charge in [-0.25, -0.2) is 12.8 Å². The van der Waals surface area contributed by atoms with Crippen molar-refractivity contribution >= 4 is 9.84 Å². The minimum Gasteiger partial charge on any atom is -0.314 e. The summed E-state index contributed by atoms with van der Waals surface area (Å²) >= 11 is 0. The first-order chi connectivity index (χ1) is 9.98. The number of benzene rings is 1. The van der Waals surface area contributed by atoms with Crippen molar-refractivity contribution in [1.82, 2.24) is 5.32 Å². The third kappa shape index (κ3) is 6.14. The maximum absolute atomic E-state index is 12.9. The Kier molecular flexibility index (Phi) is 5.76. The fraction of sp³-hybridized carbons (Fsp3) is 0.625. The first-order valence-corrected chi connectivity index (χ1v) is 9.49. The van der Waals surface area contributed by atoms with Crippen molar-refractivity contribution in [2.24, 2.45) is 5.92 Å². The van der Waals surface area contributed by atoms with Gasteiger partial charge in [0, 0.05) is 11.8 Å². The van der Waals surface area contributed by atoms with Gasteiger partial charge in [-0.15, -0.1) is 0 Å². The molecular formula is C16H24FNO2S. The lowest BCUT2D eigenvalue weighted by molar-refractivity contribution is 0.456. The molecule has 0 spiro atoms. The van der Waals surface area contributed by atoms with Crippen molar-refractivity contribution in [3.8, 4) is 0 Å². The molecule has 0 aromatic heterocycles. The van der Waals surface area contributed by atoms with Crippen molar-refractivity contribution in [2.45, 2.75) is 38.6 Å². The molecule has 1 fully saturated rings. The first-order valence-electron chi connectivity index (χ1n) is 7.67. The second-order valence-corrected chi connectivity index (χ2v) is 8.38. The highest BCUT2D eigenvalue weighted by Crippen LogP contribution is 2.20. The molecule has 0 heterocycles. The van der Waals surface area contributed by atoms with Crippen molar-refractivity contribution in [2.75, 3.05) is 18.1 Å². The van der Waals surface area contributed by atoms with Gasteiger partial charge in [0.2, 0.25) is 0 Å². The molecule has 0 bridgehead atoms. The average molecular weight is 313 g/mol. The number of hydrogen-bond acceptors (Lipinski definition) is 3. The first kappa shape index (κ1) is 16.4. The number of halogens is 1. The van der Waals surface area contributed by atoms with Crippen LogP contribution in [0.25, 0.3) is 0 Å². The van der Waals surface area contributed by atoms with Crippen LogP contribution >= 0.6 is 0 Å². The molecule has 21 heavy (non-hydrogen) atoms. The van der Waals surface area contributed by atoms with Crippen LogP contribution in [0.3, 0.4) is 0 Å². The van der Waals surface area contributed by atoms with Crippen molar-refractivity contribution < 1.29 is 12.8 Å². The topological polar surface area (TPSA) is 46.2 Å². The predicted molar refractivity (Wildman–Crippen MR) is 83.6 cm³/mol. The molecule has 1 aliphatic carbocycles. The minimum absolute atomic E-state index is 0.201. The van der Waals surface area contributed by atoms with E-state index in [1.807, 2.05) is 0 Å². The Hall–Kier alpha value is -0.940. The van der Waals surface area contributed by atoms with E-state index in [0.717, 1.165) is 18.5 Å². The number of rotatable bonds is 9. The molecule has 2 rings (SSSR count). The summed E-state index contributed by atoms with van der Waals surface area (Å²) in [6, 6.07) is 7.11. The predicted octanol–water partition coefficient (Wildman–Crippen LogP) is 2.56. The lowest BCUT2D eigenvalue weighted by Gasteiger charge is -2.18. The van der Waals surface area contributed by atoms with Crippen LogP contribution < -0.4 is 5.32 Å². The van der Waals surface area contributed by atoms with E-state index in [0.29, 0.717) is 12.5 Å². The number of hydrogen-bond donors (Lipinski definition) is 1. The van der Waals surface area contributed by atoms with Crippen LogP contribution in [0, 0.1) is 11.7 Å². The molecule has 0 aliphatic heterocycles. The quantitative estimate of drug-likeness (QED) is 0.762. The normalized spacial score (nSPS) is 16.9. The molecule has 0 saturated heterocycles. The molecule has 1 N–H and O–H groups in total. The minimum atomic E-state index is -2.92. The summed E-state index contributed by atoms with van der Waals surface area (Å²) in [4.78, 5) is 0. The number of nitrogens with one attached hydrogen (secondary N) is 1. The summed E-state index contributed by atoms with van der Waals surface area (Å²) in [5, 5.41) is 3.47. The van der Waals surface area contributed by atoms with E-state index in [1.54, 1.807) is 19.1 Å². The third-order valence-electron chi connectivity index (χ3n) is 3.99. The average Bonchev–Trinajstić information content (AvgIpc) is 3.28. The Balaban J connectivity index is 1.91. The van der Waals surface area contributed by atoms with Gasteiger partial charge in [-0.2, -0.15) is 0 Å². The van der Waals surface area contributed by atoms with E-state index < -0.39 is 9.84 Å². The second kappa shape index (κ2) is 7.36. The summed E-state index contributed by atoms with van der Waals surface area (Å²) in [5.74, 6) is 0.478. The van der Waals surface area contributed by atoms with Gasteiger partial charge in [0.05, 0.1) is 5.75 Å². The van der Waals surface area contributed by atoms with E-state index >= 15 is 0 Å². The van der Waals surface area contributed by atoms with Crippen LogP contribution in [0.4, 0.5) is 4.39 Å². The van der Waals surface area contributed by atoms with E-state index in [9.17, 15) is 12.8 Å². The summed E-state index contributed by atoms with van der Waals surface area (Å²) in [6.07, 6.45) is 3.89. The van der Waals surface area contributed by atoms with Gasteiger partial charge in [0.15, 0.2) is 0 Å². The van der Waals surface area contributed by atoms with Gasteiger partial charge >= 0.3 is 0 Å². The largest absolute Gasteiger partial charge is 0.314 e. The third-order valence-corrected chi connectivity index (χ3v) is 5.72. The lowest BCUT2D eigenvalue weighted by Crippen LogP contribution is -2.28. The van der Waals surface area contributed by atoms with Crippen LogP contribution in [0.15, 0.2) is 24.3 Å². The van der Waals surface area contributed by atoms with E-state index in [4.69, 9.17) is 0 Å². The smallest absolute Gasteiger partial charge is 0.150 e. The van der Waals surface area contributed by atoms with Crippen LogP contribution in [0.2, 0.25) is 0 Å². The van der Waals surface area contributed by atoms with E-state index in [1.165, 1.54) is 25.0 Å². The molecule has 1 aromatic rings. The molecule has 1 atom stereocenters. The Labute approximate surface area is 126 Å². The van der Waals surface area contributed by atoms with Gasteiger partial charge < -0.3 is 5.32 Å². The zero-order chi connectivity index (χ0) is 15.3. The highest BCUT2D eigenvalue weighted by molar-refractivity contribution is 7.91.